The molecule has 2 rings (SSSR count). The highest BCUT2D eigenvalue weighted by Crippen LogP contribution is 2.41. The SMILES string of the molecule is CC(C)CCCC1C[C@H]2NC(=O)C[C@H]2S1. The van der Waals surface area contributed by atoms with E-state index in [1.165, 1.54) is 25.7 Å². The van der Waals surface area contributed by atoms with E-state index in [-0.39, 0.29) is 5.91 Å². The van der Waals surface area contributed by atoms with Crippen molar-refractivity contribution in [1.82, 2.24) is 5.32 Å². The van der Waals surface area contributed by atoms with Crippen molar-refractivity contribution < 1.29 is 4.79 Å². The lowest BCUT2D eigenvalue weighted by atomic mass is 10.0. The molecule has 2 fully saturated rings. The van der Waals surface area contributed by atoms with Crippen molar-refractivity contribution in [2.75, 3.05) is 0 Å². The molecule has 2 aliphatic rings. The Balaban J connectivity index is 1.68. The monoisotopic (exact) mass is 227 g/mol. The quantitative estimate of drug-likeness (QED) is 0.800. The summed E-state index contributed by atoms with van der Waals surface area (Å²) < 4.78 is 0. The Morgan fingerprint density at radius 1 is 1.53 bits per heavy atom. The molecule has 0 aromatic carbocycles. The van der Waals surface area contributed by atoms with Crippen molar-refractivity contribution in [2.45, 2.75) is 62.5 Å². The number of rotatable bonds is 4. The maximum Gasteiger partial charge on any atom is 0.221 e. The van der Waals surface area contributed by atoms with Gasteiger partial charge < -0.3 is 5.32 Å². The van der Waals surface area contributed by atoms with Crippen LogP contribution in [0, 0.1) is 5.92 Å². The van der Waals surface area contributed by atoms with E-state index in [2.05, 4.69) is 30.9 Å². The summed E-state index contributed by atoms with van der Waals surface area (Å²) in [4.78, 5) is 11.1. The molecular formula is C12H21NOS. The summed E-state index contributed by atoms with van der Waals surface area (Å²) in [6.45, 7) is 4.58. The van der Waals surface area contributed by atoms with Crippen LogP contribution in [0.3, 0.4) is 0 Å². The molecule has 2 heterocycles. The average Bonchev–Trinajstić information content (AvgIpc) is 2.60. The third-order valence-electron chi connectivity index (χ3n) is 3.37. The van der Waals surface area contributed by atoms with Crippen molar-refractivity contribution in [3.63, 3.8) is 0 Å². The summed E-state index contributed by atoms with van der Waals surface area (Å²) in [7, 11) is 0. The summed E-state index contributed by atoms with van der Waals surface area (Å²) in [5.74, 6) is 1.09. The lowest BCUT2D eigenvalue weighted by Crippen LogP contribution is -2.27. The Morgan fingerprint density at radius 3 is 3.00 bits per heavy atom. The molecule has 0 saturated carbocycles. The maximum absolute atomic E-state index is 11.1. The molecule has 0 aliphatic carbocycles. The van der Waals surface area contributed by atoms with Gasteiger partial charge in [0.2, 0.25) is 5.91 Å². The van der Waals surface area contributed by atoms with Gasteiger partial charge in [-0.15, -0.1) is 0 Å². The van der Waals surface area contributed by atoms with Gasteiger partial charge in [-0.1, -0.05) is 26.7 Å². The standard InChI is InChI=1S/C12H21NOS/c1-8(2)4-3-5-9-6-10-11(15-9)7-12(14)13-10/h8-11H,3-7H2,1-2H3,(H,13,14)/t9?,10-,11-/m1/s1. The lowest BCUT2D eigenvalue weighted by molar-refractivity contribution is -0.119. The molecule has 86 valence electrons. The van der Waals surface area contributed by atoms with Crippen molar-refractivity contribution in [2.24, 2.45) is 5.92 Å². The molecule has 15 heavy (non-hydrogen) atoms. The van der Waals surface area contributed by atoms with Gasteiger partial charge in [0, 0.05) is 23.0 Å². The highest BCUT2D eigenvalue weighted by molar-refractivity contribution is 8.00. The van der Waals surface area contributed by atoms with E-state index in [9.17, 15) is 4.79 Å². The predicted octanol–water partition coefficient (Wildman–Crippen LogP) is 2.58. The van der Waals surface area contributed by atoms with Gasteiger partial charge in [-0.3, -0.25) is 4.79 Å². The fourth-order valence-corrected chi connectivity index (χ4v) is 4.29. The second kappa shape index (κ2) is 4.77. The third kappa shape index (κ3) is 2.90. The van der Waals surface area contributed by atoms with Crippen molar-refractivity contribution in [3.05, 3.63) is 0 Å². The summed E-state index contributed by atoms with van der Waals surface area (Å²) in [5, 5.41) is 4.47. The number of fused-ring (bicyclic) bond motifs is 1. The number of amides is 1. The third-order valence-corrected chi connectivity index (χ3v) is 5.03. The summed E-state index contributed by atoms with van der Waals surface area (Å²) in [6.07, 6.45) is 6.00. The van der Waals surface area contributed by atoms with Crippen LogP contribution < -0.4 is 5.32 Å². The summed E-state index contributed by atoms with van der Waals surface area (Å²) in [5.41, 5.74) is 0. The fourth-order valence-electron chi connectivity index (χ4n) is 2.56. The minimum absolute atomic E-state index is 0.262. The van der Waals surface area contributed by atoms with E-state index in [1.807, 2.05) is 0 Å². The van der Waals surface area contributed by atoms with Crippen LogP contribution in [0.4, 0.5) is 0 Å². The molecule has 2 aliphatic heterocycles. The molecule has 0 radical (unpaired) electrons. The first-order chi connectivity index (χ1) is 7.15. The summed E-state index contributed by atoms with van der Waals surface area (Å²) in [6, 6.07) is 0.492. The first-order valence-electron chi connectivity index (χ1n) is 6.10. The molecular weight excluding hydrogens is 206 g/mol. The molecule has 2 saturated heterocycles. The van der Waals surface area contributed by atoms with E-state index >= 15 is 0 Å². The van der Waals surface area contributed by atoms with Gasteiger partial charge in [-0.25, -0.2) is 0 Å². The molecule has 0 spiro atoms. The Hall–Kier alpha value is -0.180. The van der Waals surface area contributed by atoms with Gasteiger partial charge >= 0.3 is 0 Å². The second-order valence-electron chi connectivity index (χ2n) is 5.24. The molecule has 1 unspecified atom stereocenters. The van der Waals surface area contributed by atoms with Gasteiger partial charge in [0.05, 0.1) is 0 Å². The number of carbonyl (C=O) groups is 1. The summed E-state index contributed by atoms with van der Waals surface area (Å²) >= 11 is 2.05. The second-order valence-corrected chi connectivity index (χ2v) is 6.78. The predicted molar refractivity (Wildman–Crippen MR) is 65.0 cm³/mol. The van der Waals surface area contributed by atoms with Gasteiger partial charge in [0.15, 0.2) is 0 Å². The Labute approximate surface area is 96.6 Å². The van der Waals surface area contributed by atoms with Crippen LogP contribution >= 0.6 is 11.8 Å². The van der Waals surface area contributed by atoms with Crippen LogP contribution in [0.2, 0.25) is 0 Å². The maximum atomic E-state index is 11.1. The van der Waals surface area contributed by atoms with Crippen LogP contribution in [-0.2, 0) is 4.79 Å². The number of hydrogen-bond acceptors (Lipinski definition) is 2. The number of carbonyl (C=O) groups excluding carboxylic acids is 1. The van der Waals surface area contributed by atoms with Crippen molar-refractivity contribution in [1.29, 1.82) is 0 Å². The van der Waals surface area contributed by atoms with Gasteiger partial charge in [0.25, 0.3) is 0 Å². The smallest absolute Gasteiger partial charge is 0.221 e. The topological polar surface area (TPSA) is 29.1 Å². The van der Waals surface area contributed by atoms with E-state index in [1.54, 1.807) is 0 Å². The van der Waals surface area contributed by atoms with Crippen LogP contribution in [0.15, 0.2) is 0 Å². The molecule has 0 aromatic rings. The van der Waals surface area contributed by atoms with E-state index in [0.29, 0.717) is 11.3 Å². The molecule has 0 bridgehead atoms. The molecule has 3 atom stereocenters. The van der Waals surface area contributed by atoms with Crippen molar-refractivity contribution in [3.8, 4) is 0 Å². The van der Waals surface area contributed by atoms with Crippen LogP contribution in [0.5, 0.6) is 0 Å². The largest absolute Gasteiger partial charge is 0.352 e. The first kappa shape index (κ1) is 11.3. The van der Waals surface area contributed by atoms with E-state index < -0.39 is 0 Å². The van der Waals surface area contributed by atoms with Crippen LogP contribution in [-0.4, -0.2) is 22.4 Å². The first-order valence-corrected chi connectivity index (χ1v) is 7.04. The number of thioether (sulfide) groups is 1. The van der Waals surface area contributed by atoms with Gasteiger partial charge in [-0.05, 0) is 18.8 Å². The van der Waals surface area contributed by atoms with E-state index in [0.717, 1.165) is 17.6 Å². The fraction of sp³-hybridized carbons (Fsp3) is 0.917. The van der Waals surface area contributed by atoms with E-state index in [4.69, 9.17) is 0 Å². The number of nitrogens with one attached hydrogen (secondary N) is 1. The highest BCUT2D eigenvalue weighted by Gasteiger charge is 2.40. The zero-order valence-corrected chi connectivity index (χ0v) is 10.5. The molecule has 1 N–H and O–H groups in total. The van der Waals surface area contributed by atoms with Crippen LogP contribution in [0.1, 0.15) is 46.0 Å². The minimum Gasteiger partial charge on any atom is -0.352 e. The van der Waals surface area contributed by atoms with Crippen molar-refractivity contribution >= 4 is 17.7 Å². The Kier molecular flexibility index (Phi) is 3.60. The highest BCUT2D eigenvalue weighted by atomic mass is 32.2. The molecule has 0 aromatic heterocycles. The van der Waals surface area contributed by atoms with Gasteiger partial charge in [-0.2, -0.15) is 11.8 Å². The molecule has 1 amide bonds. The normalized spacial score (nSPS) is 34.6. The molecule has 3 heteroatoms. The Morgan fingerprint density at radius 2 is 2.33 bits per heavy atom. The zero-order chi connectivity index (χ0) is 10.8. The zero-order valence-electron chi connectivity index (χ0n) is 9.66. The lowest BCUT2D eigenvalue weighted by Gasteiger charge is -2.11. The minimum atomic E-state index is 0.262. The number of hydrogen-bond donors (Lipinski definition) is 1. The van der Waals surface area contributed by atoms with Crippen LogP contribution in [0.25, 0.3) is 0 Å². The van der Waals surface area contributed by atoms with Gasteiger partial charge in [0.1, 0.15) is 0 Å². The average molecular weight is 227 g/mol. The Bertz CT molecular complexity index is 226. The molecule has 2 nitrogen and oxygen atoms in total.